The van der Waals surface area contributed by atoms with Gasteiger partial charge in [-0.3, -0.25) is 0 Å². The van der Waals surface area contributed by atoms with Gasteiger partial charge in [0, 0.05) is 12.4 Å². The van der Waals surface area contributed by atoms with Crippen LogP contribution in [0.25, 0.3) is 0 Å². The van der Waals surface area contributed by atoms with Gasteiger partial charge in [-0.2, -0.15) is 0 Å². The topological polar surface area (TPSA) is 15.8 Å². The van der Waals surface area contributed by atoms with Crippen LogP contribution in [-0.2, 0) is 22.4 Å². The molecule has 0 amide bonds. The van der Waals surface area contributed by atoms with Crippen molar-refractivity contribution < 1.29 is 22.4 Å². The summed E-state index contributed by atoms with van der Waals surface area (Å²) in [5, 5.41) is 0. The average Bonchev–Trinajstić information content (AvgIpc) is 1.76. The first-order valence-electron chi connectivity index (χ1n) is 1.58. The van der Waals surface area contributed by atoms with Crippen molar-refractivity contribution in [2.75, 3.05) is 0 Å². The molecule has 0 spiro atoms. The standard InChI is InChI=1S/C4H5N.Au/c1-2-4-5-3-1;/h1-5H;/q;+1. The van der Waals surface area contributed by atoms with Crippen LogP contribution in [0.5, 0.6) is 0 Å². The Labute approximate surface area is 52.3 Å². The molecule has 0 radical (unpaired) electrons. The number of nitrogens with one attached hydrogen (secondary N) is 1. The van der Waals surface area contributed by atoms with Gasteiger partial charge in [0.15, 0.2) is 0 Å². The fraction of sp³-hybridized carbons (Fsp3) is 0. The summed E-state index contributed by atoms with van der Waals surface area (Å²) in [7, 11) is 0. The molecule has 0 aliphatic rings. The Balaban J connectivity index is 0.000000250. The van der Waals surface area contributed by atoms with Crippen LogP contribution >= 0.6 is 0 Å². The monoisotopic (exact) mass is 264 g/mol. The van der Waals surface area contributed by atoms with Crippen molar-refractivity contribution in [3.05, 3.63) is 24.5 Å². The first-order valence-corrected chi connectivity index (χ1v) is 1.58. The molecular weight excluding hydrogens is 259 g/mol. The first kappa shape index (κ1) is 6.02. The van der Waals surface area contributed by atoms with Gasteiger partial charge in [0.1, 0.15) is 0 Å². The number of rotatable bonds is 0. The molecule has 0 aromatic carbocycles. The van der Waals surface area contributed by atoms with E-state index in [1.165, 1.54) is 0 Å². The Hall–Kier alpha value is 0.0203. The fourth-order valence-electron chi connectivity index (χ4n) is 0.278. The minimum Gasteiger partial charge on any atom is -0.368 e. The van der Waals surface area contributed by atoms with E-state index in [0.717, 1.165) is 0 Å². The summed E-state index contributed by atoms with van der Waals surface area (Å²) in [5.41, 5.74) is 0. The smallest absolute Gasteiger partial charge is 0.368 e. The maximum Gasteiger partial charge on any atom is 1.00 e. The third-order valence-corrected chi connectivity index (χ3v) is 0.496. The third-order valence-electron chi connectivity index (χ3n) is 0.496. The Kier molecular flexibility index (Phi) is 3.23. The van der Waals surface area contributed by atoms with Gasteiger partial charge in [0.05, 0.1) is 0 Å². The van der Waals surface area contributed by atoms with Gasteiger partial charge >= 0.3 is 22.4 Å². The molecule has 1 heterocycles. The Morgan fingerprint density at radius 2 is 1.50 bits per heavy atom. The minimum atomic E-state index is 0. The van der Waals surface area contributed by atoms with Crippen molar-refractivity contribution in [2.45, 2.75) is 0 Å². The van der Waals surface area contributed by atoms with Crippen LogP contribution in [0.15, 0.2) is 24.5 Å². The summed E-state index contributed by atoms with van der Waals surface area (Å²) < 4.78 is 0. The van der Waals surface area contributed by atoms with Gasteiger partial charge < -0.3 is 4.98 Å². The van der Waals surface area contributed by atoms with Crippen LogP contribution in [0.2, 0.25) is 0 Å². The van der Waals surface area contributed by atoms with Crippen molar-refractivity contribution in [1.29, 1.82) is 0 Å². The summed E-state index contributed by atoms with van der Waals surface area (Å²) in [6.45, 7) is 0. The zero-order chi connectivity index (χ0) is 3.54. The molecule has 0 aliphatic carbocycles. The maximum absolute atomic E-state index is 2.86. The van der Waals surface area contributed by atoms with Gasteiger partial charge in [-0.25, -0.2) is 0 Å². The zero-order valence-electron chi connectivity index (χ0n) is 3.11. The van der Waals surface area contributed by atoms with E-state index in [-0.39, 0.29) is 22.4 Å². The molecule has 0 fully saturated rings. The summed E-state index contributed by atoms with van der Waals surface area (Å²) >= 11 is 0. The van der Waals surface area contributed by atoms with Crippen LogP contribution in [0, 0.1) is 0 Å². The number of aromatic amines is 1. The summed E-state index contributed by atoms with van der Waals surface area (Å²) in [6.07, 6.45) is 3.75. The molecule has 0 atom stereocenters. The van der Waals surface area contributed by atoms with E-state index in [4.69, 9.17) is 0 Å². The van der Waals surface area contributed by atoms with Crippen molar-refractivity contribution in [3.63, 3.8) is 0 Å². The molecular formula is C4H5AuN+. The molecule has 0 saturated heterocycles. The van der Waals surface area contributed by atoms with E-state index >= 15 is 0 Å². The quantitative estimate of drug-likeness (QED) is 0.673. The normalized spacial score (nSPS) is 6.67. The van der Waals surface area contributed by atoms with E-state index in [1.54, 1.807) is 0 Å². The van der Waals surface area contributed by atoms with Crippen molar-refractivity contribution in [2.24, 2.45) is 0 Å². The van der Waals surface area contributed by atoms with E-state index in [9.17, 15) is 0 Å². The molecule has 6 heavy (non-hydrogen) atoms. The van der Waals surface area contributed by atoms with Crippen LogP contribution in [0.1, 0.15) is 0 Å². The number of hydrogen-bond acceptors (Lipinski definition) is 0. The van der Waals surface area contributed by atoms with Gasteiger partial charge in [-0.1, -0.05) is 0 Å². The van der Waals surface area contributed by atoms with Crippen LogP contribution in [-0.4, -0.2) is 4.98 Å². The number of hydrogen-bond donors (Lipinski definition) is 1. The Morgan fingerprint density at radius 3 is 1.67 bits per heavy atom. The largest absolute Gasteiger partial charge is 1.00 e. The summed E-state index contributed by atoms with van der Waals surface area (Å²) in [6, 6.07) is 3.89. The fourth-order valence-corrected chi connectivity index (χ4v) is 0.278. The van der Waals surface area contributed by atoms with Gasteiger partial charge in [0.25, 0.3) is 0 Å². The molecule has 1 aromatic heterocycles. The second-order valence-corrected chi connectivity index (χ2v) is 0.885. The molecule has 1 aromatic rings. The minimum absolute atomic E-state index is 0. The Morgan fingerprint density at radius 1 is 1.00 bits per heavy atom. The number of aromatic nitrogens is 1. The van der Waals surface area contributed by atoms with E-state index in [2.05, 4.69) is 4.98 Å². The van der Waals surface area contributed by atoms with Crippen molar-refractivity contribution >= 4 is 0 Å². The average molecular weight is 264 g/mol. The van der Waals surface area contributed by atoms with Crippen molar-refractivity contribution in [1.82, 2.24) is 4.98 Å². The van der Waals surface area contributed by atoms with E-state index in [0.29, 0.717) is 0 Å². The molecule has 0 aliphatic heterocycles. The van der Waals surface area contributed by atoms with Gasteiger partial charge in [-0.05, 0) is 12.1 Å². The number of H-pyrrole nitrogens is 1. The second-order valence-electron chi connectivity index (χ2n) is 0.885. The third kappa shape index (κ3) is 1.46. The summed E-state index contributed by atoms with van der Waals surface area (Å²) in [4.78, 5) is 2.86. The molecule has 1 nitrogen and oxygen atoms in total. The zero-order valence-corrected chi connectivity index (χ0v) is 5.28. The molecule has 1 N–H and O–H groups in total. The maximum atomic E-state index is 2.86. The van der Waals surface area contributed by atoms with E-state index < -0.39 is 0 Å². The molecule has 0 saturated carbocycles. The van der Waals surface area contributed by atoms with Crippen molar-refractivity contribution in [3.8, 4) is 0 Å². The predicted molar refractivity (Wildman–Crippen MR) is 20.8 cm³/mol. The van der Waals surface area contributed by atoms with Crippen LogP contribution < -0.4 is 0 Å². The van der Waals surface area contributed by atoms with Gasteiger partial charge in [-0.15, -0.1) is 0 Å². The first-order chi connectivity index (χ1) is 2.50. The predicted octanol–water partition coefficient (Wildman–Crippen LogP) is 1.01. The molecule has 0 unspecified atom stereocenters. The molecule has 36 valence electrons. The molecule has 2 heteroatoms. The summed E-state index contributed by atoms with van der Waals surface area (Å²) in [5.74, 6) is 0. The van der Waals surface area contributed by atoms with Crippen LogP contribution in [0.4, 0.5) is 0 Å². The van der Waals surface area contributed by atoms with E-state index in [1.807, 2.05) is 24.5 Å². The molecule has 0 bridgehead atoms. The van der Waals surface area contributed by atoms with Crippen LogP contribution in [0.3, 0.4) is 0 Å². The molecule has 1 rings (SSSR count). The van der Waals surface area contributed by atoms with Gasteiger partial charge in [0.2, 0.25) is 0 Å². The SMILES string of the molecule is [Au+].c1cc[nH]c1. The second kappa shape index (κ2) is 3.22. The Bertz CT molecular complexity index is 64.0.